The molecule has 122 valence electrons. The first-order valence-corrected chi connectivity index (χ1v) is 7.86. The van der Waals surface area contributed by atoms with Crippen LogP contribution in [-0.2, 0) is 6.54 Å². The molecule has 2 aromatic rings. The largest absolute Gasteiger partial charge is 0.332 e. The van der Waals surface area contributed by atoms with Crippen molar-refractivity contribution < 1.29 is 4.79 Å². The topological polar surface area (TPSA) is 46.3 Å². The Bertz CT molecular complexity index is 669. The average Bonchev–Trinajstić information content (AvgIpc) is 3.04. The number of carbonyl (C=O) groups is 1. The van der Waals surface area contributed by atoms with Crippen LogP contribution in [0, 0.1) is 6.92 Å². The second kappa shape index (κ2) is 7.62. The first-order chi connectivity index (χ1) is 10.7. The third-order valence-corrected chi connectivity index (χ3v) is 4.50. The summed E-state index contributed by atoms with van der Waals surface area (Å²) >= 11 is 0. The Kier molecular flexibility index (Phi) is 5.80. The van der Waals surface area contributed by atoms with E-state index in [0.29, 0.717) is 6.54 Å². The Morgan fingerprint density at radius 1 is 1.17 bits per heavy atom. The number of halogens is 1. The van der Waals surface area contributed by atoms with Crippen LogP contribution in [0.15, 0.2) is 48.5 Å². The molecule has 1 fully saturated rings. The van der Waals surface area contributed by atoms with Crippen LogP contribution >= 0.6 is 12.4 Å². The molecule has 2 aromatic carbocycles. The van der Waals surface area contributed by atoms with E-state index in [9.17, 15) is 4.79 Å². The molecular formula is C19H23ClN2O. The number of aryl methyl sites for hydroxylation is 1. The summed E-state index contributed by atoms with van der Waals surface area (Å²) in [4.78, 5) is 14.8. The van der Waals surface area contributed by atoms with Crippen molar-refractivity contribution >= 4 is 18.3 Å². The average molecular weight is 331 g/mol. The van der Waals surface area contributed by atoms with Crippen LogP contribution in [-0.4, -0.2) is 17.4 Å². The summed E-state index contributed by atoms with van der Waals surface area (Å²) in [5.41, 5.74) is 9.94. The zero-order valence-corrected chi connectivity index (χ0v) is 14.2. The van der Waals surface area contributed by atoms with E-state index < -0.39 is 0 Å². The van der Waals surface area contributed by atoms with E-state index in [1.807, 2.05) is 35.2 Å². The van der Waals surface area contributed by atoms with Crippen molar-refractivity contribution in [3.63, 3.8) is 0 Å². The molecule has 1 aliphatic heterocycles. The predicted octanol–water partition coefficient (Wildman–Crippen LogP) is 3.85. The van der Waals surface area contributed by atoms with Crippen LogP contribution in [0.2, 0.25) is 0 Å². The van der Waals surface area contributed by atoms with E-state index in [-0.39, 0.29) is 24.4 Å². The highest BCUT2D eigenvalue weighted by Crippen LogP contribution is 2.34. The van der Waals surface area contributed by atoms with Crippen molar-refractivity contribution in [2.24, 2.45) is 5.73 Å². The van der Waals surface area contributed by atoms with Crippen molar-refractivity contribution in [1.29, 1.82) is 0 Å². The number of nitrogens with two attached hydrogens (primary N) is 1. The van der Waals surface area contributed by atoms with Crippen molar-refractivity contribution in [3.8, 4) is 0 Å². The Hall–Kier alpha value is -1.84. The number of carbonyl (C=O) groups excluding carboxylic acids is 1. The summed E-state index contributed by atoms with van der Waals surface area (Å²) in [5, 5.41) is 0. The van der Waals surface area contributed by atoms with Gasteiger partial charge in [0.25, 0.3) is 5.91 Å². The van der Waals surface area contributed by atoms with Gasteiger partial charge in [-0.15, -0.1) is 12.4 Å². The molecule has 0 aromatic heterocycles. The molecule has 4 heteroatoms. The number of benzene rings is 2. The Morgan fingerprint density at radius 3 is 2.52 bits per heavy atom. The van der Waals surface area contributed by atoms with Crippen molar-refractivity contribution in [2.75, 3.05) is 6.54 Å². The second-order valence-corrected chi connectivity index (χ2v) is 5.91. The molecule has 1 atom stereocenters. The Labute approximate surface area is 143 Å². The minimum atomic E-state index is 0. The second-order valence-electron chi connectivity index (χ2n) is 5.91. The van der Waals surface area contributed by atoms with Crippen molar-refractivity contribution in [1.82, 2.24) is 4.90 Å². The quantitative estimate of drug-likeness (QED) is 0.929. The van der Waals surface area contributed by atoms with E-state index in [1.54, 1.807) is 0 Å². The SMILES string of the molecule is Cc1ccccc1C1CCCN1C(=O)c1ccc(CN)cc1.Cl. The first-order valence-electron chi connectivity index (χ1n) is 7.86. The molecular weight excluding hydrogens is 308 g/mol. The van der Waals surface area contributed by atoms with E-state index >= 15 is 0 Å². The summed E-state index contributed by atoms with van der Waals surface area (Å²) in [6, 6.07) is 16.2. The monoisotopic (exact) mass is 330 g/mol. The third kappa shape index (κ3) is 3.57. The van der Waals surface area contributed by atoms with E-state index in [2.05, 4.69) is 25.1 Å². The van der Waals surface area contributed by atoms with Crippen LogP contribution in [0.4, 0.5) is 0 Å². The van der Waals surface area contributed by atoms with Crippen LogP contribution in [0.3, 0.4) is 0 Å². The maximum atomic E-state index is 12.8. The molecule has 1 heterocycles. The maximum Gasteiger partial charge on any atom is 0.254 e. The lowest BCUT2D eigenvalue weighted by Gasteiger charge is -2.26. The standard InChI is InChI=1S/C19H22N2O.ClH/c1-14-5-2-3-6-17(14)18-7-4-12-21(18)19(22)16-10-8-15(13-20)9-11-16;/h2-3,5-6,8-11,18H,4,7,12-13,20H2,1H3;1H. The minimum Gasteiger partial charge on any atom is -0.332 e. The van der Waals surface area contributed by atoms with Gasteiger partial charge in [-0.1, -0.05) is 36.4 Å². The molecule has 0 saturated carbocycles. The molecule has 1 amide bonds. The predicted molar refractivity (Wildman–Crippen MR) is 95.8 cm³/mol. The highest BCUT2D eigenvalue weighted by Gasteiger charge is 2.31. The highest BCUT2D eigenvalue weighted by atomic mass is 35.5. The highest BCUT2D eigenvalue weighted by molar-refractivity contribution is 5.94. The lowest BCUT2D eigenvalue weighted by molar-refractivity contribution is 0.0735. The van der Waals surface area contributed by atoms with Gasteiger partial charge in [-0.3, -0.25) is 4.79 Å². The van der Waals surface area contributed by atoms with Crippen molar-refractivity contribution in [3.05, 3.63) is 70.8 Å². The molecule has 0 spiro atoms. The van der Waals surface area contributed by atoms with Gasteiger partial charge >= 0.3 is 0 Å². The third-order valence-electron chi connectivity index (χ3n) is 4.50. The van der Waals surface area contributed by atoms with E-state index in [1.165, 1.54) is 11.1 Å². The van der Waals surface area contributed by atoms with Crippen LogP contribution in [0.1, 0.15) is 45.9 Å². The first kappa shape index (κ1) is 17.5. The molecule has 1 unspecified atom stereocenters. The molecule has 3 rings (SSSR count). The summed E-state index contributed by atoms with van der Waals surface area (Å²) in [6.45, 7) is 3.45. The van der Waals surface area contributed by atoms with Gasteiger partial charge in [0.05, 0.1) is 6.04 Å². The Morgan fingerprint density at radius 2 is 1.87 bits per heavy atom. The zero-order valence-electron chi connectivity index (χ0n) is 13.4. The maximum absolute atomic E-state index is 12.8. The Balaban J connectivity index is 0.00000192. The zero-order chi connectivity index (χ0) is 15.5. The molecule has 2 N–H and O–H groups in total. The molecule has 0 aliphatic carbocycles. The minimum absolute atomic E-state index is 0. The molecule has 0 radical (unpaired) electrons. The molecule has 1 saturated heterocycles. The van der Waals surface area contributed by atoms with Gasteiger partial charge in [-0.25, -0.2) is 0 Å². The molecule has 23 heavy (non-hydrogen) atoms. The number of likely N-dealkylation sites (tertiary alicyclic amines) is 1. The molecule has 1 aliphatic rings. The summed E-state index contributed by atoms with van der Waals surface area (Å²) in [7, 11) is 0. The fourth-order valence-electron chi connectivity index (χ4n) is 3.24. The van der Waals surface area contributed by atoms with Crippen LogP contribution in [0.25, 0.3) is 0 Å². The van der Waals surface area contributed by atoms with E-state index in [0.717, 1.165) is 30.5 Å². The lowest BCUT2D eigenvalue weighted by Crippen LogP contribution is -2.30. The van der Waals surface area contributed by atoms with Crippen LogP contribution < -0.4 is 5.73 Å². The van der Waals surface area contributed by atoms with Gasteiger partial charge in [0, 0.05) is 18.7 Å². The summed E-state index contributed by atoms with van der Waals surface area (Å²) in [6.07, 6.45) is 2.10. The van der Waals surface area contributed by atoms with Crippen LogP contribution in [0.5, 0.6) is 0 Å². The molecule has 0 bridgehead atoms. The number of hydrogen-bond donors (Lipinski definition) is 1. The normalized spacial score (nSPS) is 17.0. The molecule has 3 nitrogen and oxygen atoms in total. The number of nitrogens with zero attached hydrogens (tertiary/aromatic N) is 1. The van der Waals surface area contributed by atoms with Gasteiger partial charge in [0.15, 0.2) is 0 Å². The summed E-state index contributed by atoms with van der Waals surface area (Å²) in [5.74, 6) is 0.120. The van der Waals surface area contributed by atoms with Gasteiger partial charge in [-0.2, -0.15) is 0 Å². The van der Waals surface area contributed by atoms with Gasteiger partial charge in [0.1, 0.15) is 0 Å². The fraction of sp³-hybridized carbons (Fsp3) is 0.316. The number of rotatable bonds is 3. The van der Waals surface area contributed by atoms with Crippen molar-refractivity contribution in [2.45, 2.75) is 32.4 Å². The number of amides is 1. The van der Waals surface area contributed by atoms with Gasteiger partial charge in [-0.05, 0) is 48.6 Å². The number of hydrogen-bond acceptors (Lipinski definition) is 2. The lowest BCUT2D eigenvalue weighted by atomic mass is 9.99. The van der Waals surface area contributed by atoms with Gasteiger partial charge < -0.3 is 10.6 Å². The van der Waals surface area contributed by atoms with Gasteiger partial charge in [0.2, 0.25) is 0 Å². The van der Waals surface area contributed by atoms with E-state index in [4.69, 9.17) is 5.73 Å². The smallest absolute Gasteiger partial charge is 0.254 e. The summed E-state index contributed by atoms with van der Waals surface area (Å²) < 4.78 is 0. The fourth-order valence-corrected chi connectivity index (χ4v) is 3.24.